The summed E-state index contributed by atoms with van der Waals surface area (Å²) in [7, 11) is -3.86. The molecular formula is C22H21BrN2O3S. The second-order valence-corrected chi connectivity index (χ2v) is 9.31. The summed E-state index contributed by atoms with van der Waals surface area (Å²) in [4.78, 5) is 13.1. The first kappa shape index (κ1) is 21.2. The molecule has 0 spiro atoms. The average Bonchev–Trinajstić information content (AvgIpc) is 2.68. The highest BCUT2D eigenvalue weighted by Gasteiger charge is 2.26. The predicted octanol–water partition coefficient (Wildman–Crippen LogP) is 4.29. The largest absolute Gasteiger partial charge is 0.325 e. The number of rotatable bonds is 7. The lowest BCUT2D eigenvalue weighted by atomic mass is 10.1. The van der Waals surface area contributed by atoms with E-state index in [2.05, 4.69) is 26.0 Å². The molecule has 0 unspecified atom stereocenters. The maximum Gasteiger partial charge on any atom is 0.242 e. The second-order valence-electron chi connectivity index (χ2n) is 6.68. The number of amides is 1. The van der Waals surface area contributed by atoms with E-state index >= 15 is 0 Å². The van der Waals surface area contributed by atoms with Crippen molar-refractivity contribution in [2.75, 3.05) is 5.32 Å². The highest BCUT2D eigenvalue weighted by atomic mass is 79.9. The van der Waals surface area contributed by atoms with Crippen LogP contribution >= 0.6 is 15.9 Å². The fraction of sp³-hybridized carbons (Fsp3) is 0.136. The summed E-state index contributed by atoms with van der Waals surface area (Å²) in [6.07, 6.45) is 0.228. The molecule has 3 rings (SSSR count). The first-order valence-electron chi connectivity index (χ1n) is 9.03. The number of aryl methyl sites for hydroxylation is 1. The molecule has 0 aliphatic carbocycles. The fourth-order valence-electron chi connectivity index (χ4n) is 2.81. The van der Waals surface area contributed by atoms with Crippen LogP contribution in [0.2, 0.25) is 0 Å². The molecule has 0 fully saturated rings. The van der Waals surface area contributed by atoms with Gasteiger partial charge in [0.15, 0.2) is 0 Å². The summed E-state index contributed by atoms with van der Waals surface area (Å²) in [6, 6.07) is 22.0. The molecule has 1 amide bonds. The number of halogens is 1. The summed E-state index contributed by atoms with van der Waals surface area (Å²) in [5.74, 6) is -0.428. The van der Waals surface area contributed by atoms with Crippen LogP contribution in [0.4, 0.5) is 5.69 Å². The molecule has 0 aliphatic rings. The average molecular weight is 473 g/mol. The van der Waals surface area contributed by atoms with Gasteiger partial charge >= 0.3 is 0 Å². The van der Waals surface area contributed by atoms with Crippen LogP contribution < -0.4 is 10.0 Å². The summed E-state index contributed by atoms with van der Waals surface area (Å²) >= 11 is 3.37. The van der Waals surface area contributed by atoms with Gasteiger partial charge in [-0.2, -0.15) is 4.72 Å². The van der Waals surface area contributed by atoms with E-state index in [1.807, 2.05) is 43.3 Å². The lowest BCUT2D eigenvalue weighted by Crippen LogP contribution is -2.45. The third-order valence-electron chi connectivity index (χ3n) is 4.32. The minimum atomic E-state index is -3.86. The van der Waals surface area contributed by atoms with Gasteiger partial charge in [0.05, 0.1) is 4.90 Å². The number of benzene rings is 3. The third-order valence-corrected chi connectivity index (χ3v) is 6.30. The summed E-state index contributed by atoms with van der Waals surface area (Å²) in [5.41, 5.74) is 2.39. The number of anilines is 1. The number of nitrogens with one attached hydrogen (secondary N) is 2. The Kier molecular flexibility index (Phi) is 6.84. The van der Waals surface area contributed by atoms with Crippen LogP contribution in [-0.2, 0) is 21.2 Å². The van der Waals surface area contributed by atoms with Gasteiger partial charge in [-0.1, -0.05) is 70.0 Å². The van der Waals surface area contributed by atoms with E-state index in [9.17, 15) is 13.2 Å². The highest BCUT2D eigenvalue weighted by molar-refractivity contribution is 9.10. The Morgan fingerprint density at radius 3 is 2.31 bits per heavy atom. The van der Waals surface area contributed by atoms with E-state index in [1.54, 1.807) is 30.3 Å². The smallest absolute Gasteiger partial charge is 0.242 e. The van der Waals surface area contributed by atoms with E-state index in [-0.39, 0.29) is 11.3 Å². The molecule has 0 heterocycles. The minimum absolute atomic E-state index is 0.122. The Balaban J connectivity index is 1.85. The monoisotopic (exact) mass is 472 g/mol. The van der Waals surface area contributed by atoms with E-state index in [1.165, 1.54) is 12.1 Å². The highest BCUT2D eigenvalue weighted by Crippen LogP contribution is 2.17. The Morgan fingerprint density at radius 1 is 0.966 bits per heavy atom. The molecule has 29 heavy (non-hydrogen) atoms. The molecule has 0 aromatic heterocycles. The first-order valence-corrected chi connectivity index (χ1v) is 11.3. The van der Waals surface area contributed by atoms with Crippen molar-refractivity contribution in [3.63, 3.8) is 0 Å². The SMILES string of the molecule is Cc1ccc(S(=O)(=O)N[C@@H](Cc2ccccc2)C(=O)Nc2cccc(Br)c2)cc1. The number of hydrogen-bond donors (Lipinski definition) is 2. The molecule has 0 saturated heterocycles. The van der Waals surface area contributed by atoms with Crippen molar-refractivity contribution in [1.82, 2.24) is 4.72 Å². The normalized spacial score (nSPS) is 12.3. The molecule has 3 aromatic carbocycles. The molecule has 0 bridgehead atoms. The lowest BCUT2D eigenvalue weighted by Gasteiger charge is -2.19. The number of carbonyl (C=O) groups excluding carboxylic acids is 1. The van der Waals surface area contributed by atoms with Crippen molar-refractivity contribution in [1.29, 1.82) is 0 Å². The zero-order chi connectivity index (χ0) is 20.9. The van der Waals surface area contributed by atoms with Crippen LogP contribution in [-0.4, -0.2) is 20.4 Å². The molecule has 1 atom stereocenters. The Labute approximate surface area is 179 Å². The van der Waals surface area contributed by atoms with Crippen LogP contribution in [0.25, 0.3) is 0 Å². The van der Waals surface area contributed by atoms with Crippen LogP contribution in [0.15, 0.2) is 88.2 Å². The van der Waals surface area contributed by atoms with Gasteiger partial charge in [-0.05, 0) is 49.2 Å². The van der Waals surface area contributed by atoms with E-state index < -0.39 is 22.0 Å². The van der Waals surface area contributed by atoms with Crippen molar-refractivity contribution < 1.29 is 13.2 Å². The van der Waals surface area contributed by atoms with Crippen molar-refractivity contribution in [3.05, 3.63) is 94.5 Å². The summed E-state index contributed by atoms with van der Waals surface area (Å²) in [5, 5.41) is 2.79. The topological polar surface area (TPSA) is 75.3 Å². The maximum atomic E-state index is 12.9. The zero-order valence-electron chi connectivity index (χ0n) is 15.8. The summed E-state index contributed by atoms with van der Waals surface area (Å²) in [6.45, 7) is 1.88. The van der Waals surface area contributed by atoms with Gasteiger partial charge in [-0.3, -0.25) is 4.79 Å². The Morgan fingerprint density at radius 2 is 1.66 bits per heavy atom. The van der Waals surface area contributed by atoms with E-state index in [0.29, 0.717) is 5.69 Å². The van der Waals surface area contributed by atoms with Gasteiger partial charge in [0, 0.05) is 10.2 Å². The van der Waals surface area contributed by atoms with Crippen LogP contribution in [0.3, 0.4) is 0 Å². The number of sulfonamides is 1. The van der Waals surface area contributed by atoms with E-state index in [0.717, 1.165) is 15.6 Å². The van der Waals surface area contributed by atoms with Gasteiger partial charge in [0.25, 0.3) is 0 Å². The predicted molar refractivity (Wildman–Crippen MR) is 118 cm³/mol. The van der Waals surface area contributed by atoms with Crippen molar-refractivity contribution in [2.24, 2.45) is 0 Å². The van der Waals surface area contributed by atoms with Gasteiger partial charge < -0.3 is 5.32 Å². The molecule has 3 aromatic rings. The van der Waals surface area contributed by atoms with Crippen LogP contribution in [0, 0.1) is 6.92 Å². The molecular weight excluding hydrogens is 452 g/mol. The van der Waals surface area contributed by atoms with Crippen LogP contribution in [0.5, 0.6) is 0 Å². The fourth-order valence-corrected chi connectivity index (χ4v) is 4.40. The lowest BCUT2D eigenvalue weighted by molar-refractivity contribution is -0.117. The van der Waals surface area contributed by atoms with Crippen molar-refractivity contribution >= 4 is 37.5 Å². The minimum Gasteiger partial charge on any atom is -0.325 e. The van der Waals surface area contributed by atoms with E-state index in [4.69, 9.17) is 0 Å². The van der Waals surface area contributed by atoms with Crippen molar-refractivity contribution in [2.45, 2.75) is 24.3 Å². The number of hydrogen-bond acceptors (Lipinski definition) is 3. The Hall–Kier alpha value is -2.48. The van der Waals surface area contributed by atoms with Gasteiger partial charge in [-0.15, -0.1) is 0 Å². The Bertz CT molecular complexity index is 1080. The van der Waals surface area contributed by atoms with Gasteiger partial charge in [0.1, 0.15) is 6.04 Å². The molecule has 5 nitrogen and oxygen atoms in total. The number of carbonyl (C=O) groups is 1. The zero-order valence-corrected chi connectivity index (χ0v) is 18.2. The molecule has 2 N–H and O–H groups in total. The third kappa shape index (κ3) is 6.00. The summed E-state index contributed by atoms with van der Waals surface area (Å²) < 4.78 is 29.1. The maximum absolute atomic E-state index is 12.9. The van der Waals surface area contributed by atoms with Crippen LogP contribution in [0.1, 0.15) is 11.1 Å². The first-order chi connectivity index (χ1) is 13.8. The standard InChI is InChI=1S/C22H21BrN2O3S/c1-16-10-12-20(13-11-16)29(27,28)25-21(14-17-6-3-2-4-7-17)22(26)24-19-9-5-8-18(23)15-19/h2-13,15,21,25H,14H2,1H3,(H,24,26)/t21-/m0/s1. The quantitative estimate of drug-likeness (QED) is 0.538. The molecule has 0 radical (unpaired) electrons. The van der Waals surface area contributed by atoms with Gasteiger partial charge in [-0.25, -0.2) is 8.42 Å². The van der Waals surface area contributed by atoms with Crippen molar-refractivity contribution in [3.8, 4) is 0 Å². The molecule has 150 valence electrons. The molecule has 0 saturated carbocycles. The molecule has 7 heteroatoms. The second kappa shape index (κ2) is 9.35. The van der Waals surface area contributed by atoms with Gasteiger partial charge in [0.2, 0.25) is 15.9 Å². The molecule has 0 aliphatic heterocycles.